The molecule has 0 spiro atoms. The third-order valence-electron chi connectivity index (χ3n) is 5.12. The molecule has 0 aliphatic heterocycles. The number of carboxylic acids is 2. The van der Waals surface area contributed by atoms with E-state index >= 15 is 0 Å². The fourth-order valence-electron chi connectivity index (χ4n) is 2.72. The molecule has 4 amide bonds. The van der Waals surface area contributed by atoms with Crippen LogP contribution >= 0.6 is 0 Å². The number of carbonyl (C=O) groups is 6. The summed E-state index contributed by atoms with van der Waals surface area (Å²) in [4.78, 5) is 71.4. The van der Waals surface area contributed by atoms with Crippen molar-refractivity contribution in [2.75, 3.05) is 0 Å². The van der Waals surface area contributed by atoms with Crippen LogP contribution in [0.1, 0.15) is 53.4 Å². The first-order valence-electron chi connectivity index (χ1n) is 10.6. The highest BCUT2D eigenvalue weighted by Crippen LogP contribution is 2.11. The summed E-state index contributed by atoms with van der Waals surface area (Å²) >= 11 is 0. The standard InChI is InChI=1S/C20H35N5O8/c1-5-10(4)16(25-18(30)15(22)9(2)3)19(31)24-12(8-14(27)28)17(29)23-11(20(32)33)6-7-13(21)26/h9-12,15-16H,5-8,22H2,1-4H3,(H2,21,26)(H,23,29)(H,24,31)(H,25,30)(H,27,28)(H,32,33). The molecule has 0 radical (unpaired) electrons. The Bertz CT molecular complexity index is 742. The quantitative estimate of drug-likeness (QED) is 0.143. The Kier molecular flexibility index (Phi) is 12.7. The van der Waals surface area contributed by atoms with Crippen molar-refractivity contribution in [3.63, 3.8) is 0 Å². The molecular weight excluding hydrogens is 438 g/mol. The summed E-state index contributed by atoms with van der Waals surface area (Å²) < 4.78 is 0. The van der Waals surface area contributed by atoms with Gasteiger partial charge in [-0.15, -0.1) is 0 Å². The van der Waals surface area contributed by atoms with Crippen LogP contribution in [-0.4, -0.2) is 69.9 Å². The molecule has 188 valence electrons. The van der Waals surface area contributed by atoms with Crippen molar-refractivity contribution in [3.8, 4) is 0 Å². The van der Waals surface area contributed by atoms with Gasteiger partial charge in [0.1, 0.15) is 18.1 Å². The topological polar surface area (TPSA) is 231 Å². The third kappa shape index (κ3) is 10.8. The van der Waals surface area contributed by atoms with E-state index in [1.165, 1.54) is 0 Å². The van der Waals surface area contributed by atoms with Crippen molar-refractivity contribution in [1.82, 2.24) is 16.0 Å². The van der Waals surface area contributed by atoms with E-state index in [0.29, 0.717) is 6.42 Å². The monoisotopic (exact) mass is 473 g/mol. The predicted octanol–water partition coefficient (Wildman–Crippen LogP) is -1.70. The second-order valence-electron chi connectivity index (χ2n) is 8.21. The average molecular weight is 474 g/mol. The maximum absolute atomic E-state index is 12.9. The number of aliphatic carboxylic acids is 2. The van der Waals surface area contributed by atoms with Crippen molar-refractivity contribution in [2.24, 2.45) is 23.3 Å². The number of amides is 4. The van der Waals surface area contributed by atoms with Gasteiger partial charge >= 0.3 is 11.9 Å². The molecule has 0 fully saturated rings. The molecule has 5 unspecified atom stereocenters. The molecule has 0 aliphatic rings. The number of primary amides is 1. The highest BCUT2D eigenvalue weighted by atomic mass is 16.4. The SMILES string of the molecule is CCC(C)C(NC(=O)C(N)C(C)C)C(=O)NC(CC(=O)O)C(=O)NC(CCC(N)=O)C(=O)O. The summed E-state index contributed by atoms with van der Waals surface area (Å²) in [6.07, 6.45) is -1.01. The van der Waals surface area contributed by atoms with Gasteiger partial charge in [-0.3, -0.25) is 24.0 Å². The van der Waals surface area contributed by atoms with Crippen molar-refractivity contribution in [2.45, 2.75) is 77.5 Å². The molecular formula is C20H35N5O8. The van der Waals surface area contributed by atoms with Crippen LogP contribution in [0, 0.1) is 11.8 Å². The van der Waals surface area contributed by atoms with E-state index in [1.54, 1.807) is 27.7 Å². The van der Waals surface area contributed by atoms with Gasteiger partial charge in [-0.2, -0.15) is 0 Å². The Morgan fingerprint density at radius 2 is 1.39 bits per heavy atom. The minimum atomic E-state index is -1.63. The first kappa shape index (κ1) is 29.8. The predicted molar refractivity (Wildman–Crippen MR) is 116 cm³/mol. The minimum absolute atomic E-state index is 0.204. The fraction of sp³-hybridized carbons (Fsp3) is 0.700. The third-order valence-corrected chi connectivity index (χ3v) is 5.12. The Hall–Kier alpha value is -3.22. The molecule has 0 saturated heterocycles. The van der Waals surface area contributed by atoms with Crippen LogP contribution < -0.4 is 27.4 Å². The van der Waals surface area contributed by atoms with Crippen LogP contribution in [0.15, 0.2) is 0 Å². The van der Waals surface area contributed by atoms with E-state index in [2.05, 4.69) is 16.0 Å². The Labute approximate surface area is 192 Å². The highest BCUT2D eigenvalue weighted by molar-refractivity contribution is 5.95. The molecule has 0 aromatic carbocycles. The summed E-state index contributed by atoms with van der Waals surface area (Å²) in [6.45, 7) is 6.92. The molecule has 0 bridgehead atoms. The van der Waals surface area contributed by atoms with E-state index in [0.717, 1.165) is 0 Å². The first-order chi connectivity index (χ1) is 15.2. The molecule has 0 heterocycles. The average Bonchev–Trinajstić information content (AvgIpc) is 2.71. The van der Waals surface area contributed by atoms with Gasteiger partial charge in [0.15, 0.2) is 0 Å². The van der Waals surface area contributed by atoms with Crippen molar-refractivity contribution in [1.29, 1.82) is 0 Å². The van der Waals surface area contributed by atoms with Gasteiger partial charge in [-0.25, -0.2) is 4.79 Å². The van der Waals surface area contributed by atoms with Gasteiger partial charge in [0, 0.05) is 6.42 Å². The van der Waals surface area contributed by atoms with Crippen LogP contribution in [0.25, 0.3) is 0 Å². The summed E-state index contributed by atoms with van der Waals surface area (Å²) in [5.41, 5.74) is 10.8. The molecule has 5 atom stereocenters. The second kappa shape index (κ2) is 14.0. The number of nitrogens with one attached hydrogen (secondary N) is 3. The number of carboxylic acid groups (broad SMARTS) is 2. The fourth-order valence-corrected chi connectivity index (χ4v) is 2.72. The smallest absolute Gasteiger partial charge is 0.326 e. The molecule has 13 heteroatoms. The van der Waals surface area contributed by atoms with Crippen LogP contribution in [-0.2, 0) is 28.8 Å². The molecule has 33 heavy (non-hydrogen) atoms. The number of carbonyl (C=O) groups excluding carboxylic acids is 4. The van der Waals surface area contributed by atoms with E-state index in [-0.39, 0.29) is 24.7 Å². The van der Waals surface area contributed by atoms with Gasteiger partial charge in [0.05, 0.1) is 12.5 Å². The minimum Gasteiger partial charge on any atom is -0.481 e. The molecule has 0 aromatic rings. The van der Waals surface area contributed by atoms with E-state index in [4.69, 9.17) is 16.6 Å². The normalized spacial score (nSPS) is 15.5. The molecule has 0 rings (SSSR count). The lowest BCUT2D eigenvalue weighted by atomic mass is 9.96. The van der Waals surface area contributed by atoms with Crippen LogP contribution in [0.5, 0.6) is 0 Å². The summed E-state index contributed by atoms with van der Waals surface area (Å²) in [7, 11) is 0. The Morgan fingerprint density at radius 1 is 0.848 bits per heavy atom. The highest BCUT2D eigenvalue weighted by Gasteiger charge is 2.33. The Morgan fingerprint density at radius 3 is 1.82 bits per heavy atom. The number of hydrogen-bond acceptors (Lipinski definition) is 7. The molecule has 9 N–H and O–H groups in total. The summed E-state index contributed by atoms with van der Waals surface area (Å²) in [5.74, 6) is -6.73. The maximum Gasteiger partial charge on any atom is 0.326 e. The zero-order valence-electron chi connectivity index (χ0n) is 19.3. The van der Waals surface area contributed by atoms with Crippen molar-refractivity contribution < 1.29 is 39.0 Å². The lowest BCUT2D eigenvalue weighted by molar-refractivity contribution is -0.144. The zero-order chi connectivity index (χ0) is 25.9. The number of rotatable bonds is 15. The summed E-state index contributed by atoms with van der Waals surface area (Å²) in [6, 6.07) is -5.15. The molecule has 0 saturated carbocycles. The maximum atomic E-state index is 12.9. The van der Waals surface area contributed by atoms with Gasteiger partial charge in [-0.05, 0) is 18.3 Å². The van der Waals surface area contributed by atoms with Crippen LogP contribution in [0.2, 0.25) is 0 Å². The number of nitrogens with two attached hydrogens (primary N) is 2. The van der Waals surface area contributed by atoms with Gasteiger partial charge < -0.3 is 37.6 Å². The Balaban J connectivity index is 5.59. The number of hydrogen-bond donors (Lipinski definition) is 7. The lowest BCUT2D eigenvalue weighted by Gasteiger charge is -2.28. The lowest BCUT2D eigenvalue weighted by Crippen LogP contribution is -2.59. The second-order valence-corrected chi connectivity index (χ2v) is 8.21. The summed E-state index contributed by atoms with van der Waals surface area (Å²) in [5, 5.41) is 25.3. The van der Waals surface area contributed by atoms with E-state index in [1.807, 2.05) is 0 Å². The van der Waals surface area contributed by atoms with E-state index < -0.39 is 66.2 Å². The first-order valence-corrected chi connectivity index (χ1v) is 10.6. The van der Waals surface area contributed by atoms with Crippen molar-refractivity contribution >= 4 is 35.6 Å². The molecule has 13 nitrogen and oxygen atoms in total. The molecule has 0 aliphatic carbocycles. The largest absolute Gasteiger partial charge is 0.481 e. The van der Waals surface area contributed by atoms with Gasteiger partial charge in [0.2, 0.25) is 23.6 Å². The van der Waals surface area contributed by atoms with Gasteiger partial charge in [0.25, 0.3) is 0 Å². The van der Waals surface area contributed by atoms with E-state index in [9.17, 15) is 33.9 Å². The van der Waals surface area contributed by atoms with Crippen molar-refractivity contribution in [3.05, 3.63) is 0 Å². The molecule has 0 aromatic heterocycles. The van der Waals surface area contributed by atoms with Gasteiger partial charge in [-0.1, -0.05) is 34.1 Å². The van der Waals surface area contributed by atoms with Crippen LogP contribution in [0.3, 0.4) is 0 Å². The van der Waals surface area contributed by atoms with Crippen LogP contribution in [0.4, 0.5) is 0 Å². The zero-order valence-corrected chi connectivity index (χ0v) is 19.3.